The van der Waals surface area contributed by atoms with Crippen molar-refractivity contribution in [3.05, 3.63) is 59.6 Å². The van der Waals surface area contributed by atoms with Gasteiger partial charge in [0.15, 0.2) is 23.1 Å². The molecule has 7 atom stereocenters. The van der Waals surface area contributed by atoms with Crippen molar-refractivity contribution in [1.29, 1.82) is 0 Å². The summed E-state index contributed by atoms with van der Waals surface area (Å²) in [5, 5.41) is 26.7. The number of benzene rings is 1. The van der Waals surface area contributed by atoms with Gasteiger partial charge < -0.3 is 35.1 Å². The second-order valence-electron chi connectivity index (χ2n) is 15.4. The number of fused-ring (bicyclic) bond motifs is 2. The third kappa shape index (κ3) is 11.5. The zero-order valence-electron chi connectivity index (χ0n) is 32.8. The molecule has 13 nitrogen and oxygen atoms in total. The van der Waals surface area contributed by atoms with E-state index in [2.05, 4.69) is 17.0 Å². The monoisotopic (exact) mass is 810 g/mol. The Morgan fingerprint density at radius 3 is 2.14 bits per heavy atom. The first kappa shape index (κ1) is 44.5. The molecule has 0 bridgehead atoms. The molecule has 2 fully saturated rings. The standard InChI is InChI=1S/C40H61F2N4O9P/c1-3-4-5-6-7-8-9-10-11-12-13-14-15-16-17-18-23-51-26-30(52-25-29-19-20-31(41)32(42)24-29)27-53-56(49,50)55-36-35-40(36,48)38(47)39(2,54-35)34-22-21-33-37(43)44-28-45-46(33)34/h19-22,24,28,30,35-36,38,47-48H,3-18,23,25-27H2,1-2H3,(H,49,50)(H2,43,44,45)/t30-,35-,36?,38+,39+,40+/m1/s1. The molecule has 2 aliphatic rings. The molecule has 0 radical (unpaired) electrons. The fraction of sp³-hybridized carbons (Fsp3) is 0.700. The average molecular weight is 811 g/mol. The number of rotatable bonds is 28. The number of ether oxygens (including phenoxy) is 3. The van der Waals surface area contributed by atoms with Crippen LogP contribution in [0.4, 0.5) is 14.6 Å². The molecule has 0 amide bonds. The van der Waals surface area contributed by atoms with Gasteiger partial charge in [0, 0.05) is 6.61 Å². The van der Waals surface area contributed by atoms with Crippen molar-refractivity contribution in [3.63, 3.8) is 0 Å². The predicted molar refractivity (Wildman–Crippen MR) is 207 cm³/mol. The Morgan fingerprint density at radius 1 is 0.929 bits per heavy atom. The molecule has 1 aliphatic heterocycles. The lowest BCUT2D eigenvalue weighted by Gasteiger charge is -2.32. The third-order valence-corrected chi connectivity index (χ3v) is 12.0. The van der Waals surface area contributed by atoms with Crippen LogP contribution in [0.3, 0.4) is 0 Å². The summed E-state index contributed by atoms with van der Waals surface area (Å²) in [4.78, 5) is 14.6. The smallest absolute Gasteiger partial charge is 0.386 e. The van der Waals surface area contributed by atoms with Crippen molar-refractivity contribution in [2.75, 3.05) is 25.6 Å². The van der Waals surface area contributed by atoms with E-state index in [-0.39, 0.29) is 19.0 Å². The van der Waals surface area contributed by atoms with Gasteiger partial charge in [-0.25, -0.2) is 22.8 Å². The topological polar surface area (TPSA) is 180 Å². The lowest BCUT2D eigenvalue weighted by Crippen LogP contribution is -2.46. The maximum absolute atomic E-state index is 13.8. The first-order chi connectivity index (χ1) is 26.9. The molecular weight excluding hydrogens is 749 g/mol. The van der Waals surface area contributed by atoms with Crippen molar-refractivity contribution >= 4 is 19.2 Å². The fourth-order valence-electron chi connectivity index (χ4n) is 7.54. The van der Waals surface area contributed by atoms with Crippen LogP contribution in [0.25, 0.3) is 5.52 Å². The van der Waals surface area contributed by atoms with Gasteiger partial charge in [0.2, 0.25) is 0 Å². The zero-order valence-corrected chi connectivity index (χ0v) is 33.7. The van der Waals surface area contributed by atoms with Gasteiger partial charge in [0.1, 0.15) is 41.9 Å². The van der Waals surface area contributed by atoms with Gasteiger partial charge in [-0.2, -0.15) is 5.10 Å². The fourth-order valence-corrected chi connectivity index (χ4v) is 8.52. The molecule has 5 N–H and O–H groups in total. The second kappa shape index (κ2) is 20.9. The Kier molecular flexibility index (Phi) is 16.6. The van der Waals surface area contributed by atoms with E-state index in [0.717, 1.165) is 31.4 Å². The zero-order chi connectivity index (χ0) is 40.2. The number of phosphoric ester groups is 1. The summed E-state index contributed by atoms with van der Waals surface area (Å²) in [6.45, 7) is 3.65. The molecule has 1 saturated carbocycles. The Balaban J connectivity index is 1.01. The van der Waals surface area contributed by atoms with E-state index >= 15 is 0 Å². The number of nitrogens with zero attached hydrogens (tertiary/aromatic N) is 3. The number of hydrogen-bond acceptors (Lipinski definition) is 11. The van der Waals surface area contributed by atoms with Crippen LogP contribution in [0.15, 0.2) is 36.7 Å². The molecule has 2 unspecified atom stereocenters. The summed E-state index contributed by atoms with van der Waals surface area (Å²) in [7, 11) is -4.84. The highest BCUT2D eigenvalue weighted by molar-refractivity contribution is 7.47. The van der Waals surface area contributed by atoms with E-state index in [0.29, 0.717) is 23.4 Å². The highest BCUT2D eigenvalue weighted by Gasteiger charge is 2.82. The van der Waals surface area contributed by atoms with Crippen LogP contribution in [0.2, 0.25) is 0 Å². The number of hydrogen-bond donors (Lipinski definition) is 4. The van der Waals surface area contributed by atoms with Crippen LogP contribution in [0.5, 0.6) is 0 Å². The van der Waals surface area contributed by atoms with E-state index in [1.54, 1.807) is 19.1 Å². The second-order valence-corrected chi connectivity index (χ2v) is 16.9. The van der Waals surface area contributed by atoms with E-state index in [9.17, 15) is 28.5 Å². The van der Waals surface area contributed by atoms with Gasteiger partial charge >= 0.3 is 7.82 Å². The molecule has 1 saturated heterocycles. The van der Waals surface area contributed by atoms with Crippen LogP contribution in [-0.2, 0) is 40.0 Å². The lowest BCUT2D eigenvalue weighted by atomic mass is 9.91. The summed E-state index contributed by atoms with van der Waals surface area (Å²) in [6, 6.07) is 6.66. The minimum Gasteiger partial charge on any atom is -0.386 e. The van der Waals surface area contributed by atoms with Crippen molar-refractivity contribution in [3.8, 4) is 0 Å². The Bertz CT molecular complexity index is 1720. The third-order valence-electron chi connectivity index (χ3n) is 11.0. The minimum atomic E-state index is -4.84. The largest absolute Gasteiger partial charge is 0.472 e. The van der Waals surface area contributed by atoms with Crippen molar-refractivity contribution in [1.82, 2.24) is 14.6 Å². The van der Waals surface area contributed by atoms with Crippen molar-refractivity contribution < 1.29 is 51.7 Å². The minimum absolute atomic E-state index is 0.00206. The molecule has 1 aromatic carbocycles. The van der Waals surface area contributed by atoms with Gasteiger partial charge in [-0.3, -0.25) is 9.05 Å². The van der Waals surface area contributed by atoms with Crippen LogP contribution in [0, 0.1) is 11.6 Å². The first-order valence-electron chi connectivity index (χ1n) is 20.4. The number of aliphatic hydroxyl groups is 2. The summed E-state index contributed by atoms with van der Waals surface area (Å²) in [5.41, 5.74) is 3.67. The van der Waals surface area contributed by atoms with Crippen molar-refractivity contribution in [2.24, 2.45) is 0 Å². The highest BCUT2D eigenvalue weighted by Crippen LogP contribution is 2.63. The number of aliphatic hydroxyl groups excluding tert-OH is 1. The predicted octanol–water partition coefficient (Wildman–Crippen LogP) is 7.68. The SMILES string of the molecule is CCCCCCCCCCCCCCCCCCOC[C@H](COP(=O)(O)OC1[C@H]2O[C@@](C)(c3ccc4c(N)ncnn34)[C@H](O)[C@@]12O)OCc1ccc(F)c(F)c1. The lowest BCUT2D eigenvalue weighted by molar-refractivity contribution is -0.127. The summed E-state index contributed by atoms with van der Waals surface area (Å²) in [6.07, 6.45) is 16.4. The molecule has 2 aromatic heterocycles. The van der Waals surface area contributed by atoms with Crippen LogP contribution < -0.4 is 5.73 Å². The number of anilines is 1. The number of unbranched alkanes of at least 4 members (excludes halogenated alkanes) is 15. The molecule has 3 heterocycles. The van der Waals surface area contributed by atoms with E-state index in [1.165, 1.54) is 100 Å². The normalized spacial score (nSPS) is 24.7. The molecule has 0 spiro atoms. The van der Waals surface area contributed by atoms with E-state index < -0.39 is 61.7 Å². The van der Waals surface area contributed by atoms with Gasteiger partial charge in [-0.15, -0.1) is 0 Å². The molecule has 3 aromatic rings. The summed E-state index contributed by atoms with van der Waals surface area (Å²) >= 11 is 0. The maximum Gasteiger partial charge on any atom is 0.472 e. The molecule has 5 rings (SSSR count). The van der Waals surface area contributed by atoms with Gasteiger partial charge in [0.25, 0.3) is 0 Å². The molecular formula is C40H61F2N4O9P. The number of nitrogens with two attached hydrogens (primary N) is 1. The Morgan fingerprint density at radius 2 is 1.55 bits per heavy atom. The quantitative estimate of drug-likeness (QED) is 0.0416. The van der Waals surface area contributed by atoms with Crippen LogP contribution in [-0.4, -0.2) is 79.5 Å². The van der Waals surface area contributed by atoms with Crippen LogP contribution in [0.1, 0.15) is 128 Å². The highest BCUT2D eigenvalue weighted by atomic mass is 31.2. The molecule has 56 heavy (non-hydrogen) atoms. The Hall–Kier alpha value is -2.59. The number of nitrogen functional groups attached to an aromatic ring is 1. The Labute approximate surface area is 328 Å². The van der Waals surface area contributed by atoms with Gasteiger partial charge in [0.05, 0.1) is 25.5 Å². The summed E-state index contributed by atoms with van der Waals surface area (Å²) < 4.78 is 70.1. The first-order valence-corrected chi connectivity index (χ1v) is 21.9. The number of phosphoric acid groups is 1. The van der Waals surface area contributed by atoms with E-state index in [4.69, 9.17) is 29.0 Å². The number of aromatic nitrogens is 3. The van der Waals surface area contributed by atoms with Crippen LogP contribution >= 0.6 is 7.82 Å². The van der Waals surface area contributed by atoms with Gasteiger partial charge in [-0.05, 0) is 43.2 Å². The average Bonchev–Trinajstić information content (AvgIpc) is 3.42. The molecule has 1 aliphatic carbocycles. The van der Waals surface area contributed by atoms with Gasteiger partial charge in [-0.1, -0.05) is 109 Å². The maximum atomic E-state index is 13.8. The molecule has 314 valence electrons. The van der Waals surface area contributed by atoms with Crippen molar-refractivity contribution in [2.45, 2.75) is 159 Å². The summed E-state index contributed by atoms with van der Waals surface area (Å²) in [5.74, 6) is -1.80. The van der Waals surface area contributed by atoms with E-state index in [1.807, 2.05) is 0 Å². The molecule has 16 heteroatoms. The number of halogens is 2.